The van der Waals surface area contributed by atoms with Crippen molar-refractivity contribution in [3.63, 3.8) is 0 Å². The Morgan fingerprint density at radius 3 is 2.86 bits per heavy atom. The summed E-state index contributed by atoms with van der Waals surface area (Å²) in [5, 5.41) is 13.1. The van der Waals surface area contributed by atoms with E-state index in [1.165, 1.54) is 22.3 Å². The second kappa shape index (κ2) is 7.47. The van der Waals surface area contributed by atoms with Crippen LogP contribution >= 0.6 is 11.3 Å². The minimum absolute atomic E-state index is 0.155. The summed E-state index contributed by atoms with van der Waals surface area (Å²) in [7, 11) is 0. The summed E-state index contributed by atoms with van der Waals surface area (Å²) in [5.41, 5.74) is 2.46. The Labute approximate surface area is 168 Å². The average Bonchev–Trinajstić information content (AvgIpc) is 3.39. The minimum atomic E-state index is -1.07. The van der Waals surface area contributed by atoms with Gasteiger partial charge in [-0.05, 0) is 26.0 Å². The van der Waals surface area contributed by atoms with Gasteiger partial charge in [-0.15, -0.1) is 0 Å². The molecule has 0 aliphatic carbocycles. The van der Waals surface area contributed by atoms with E-state index in [-0.39, 0.29) is 12.0 Å². The molecule has 0 spiro atoms. The zero-order valence-corrected chi connectivity index (χ0v) is 16.5. The van der Waals surface area contributed by atoms with E-state index >= 15 is 0 Å². The summed E-state index contributed by atoms with van der Waals surface area (Å²) in [6, 6.07) is 6.61. The maximum absolute atomic E-state index is 13.0. The van der Waals surface area contributed by atoms with Crippen molar-refractivity contribution in [2.45, 2.75) is 26.3 Å². The van der Waals surface area contributed by atoms with Gasteiger partial charge < -0.3 is 10.1 Å². The Kier molecular flexibility index (Phi) is 4.85. The van der Waals surface area contributed by atoms with Gasteiger partial charge in [0.05, 0.1) is 22.1 Å². The van der Waals surface area contributed by atoms with Crippen molar-refractivity contribution in [1.29, 1.82) is 0 Å². The number of nitrogens with one attached hydrogen (secondary N) is 2. The smallest absolute Gasteiger partial charge is 0.328 e. The van der Waals surface area contributed by atoms with Gasteiger partial charge in [-0.1, -0.05) is 23.5 Å². The van der Waals surface area contributed by atoms with Crippen molar-refractivity contribution < 1.29 is 9.90 Å². The number of H-pyrrole nitrogens is 2. The highest BCUT2D eigenvalue weighted by Gasteiger charge is 2.22. The molecule has 9 nitrogen and oxygen atoms in total. The van der Waals surface area contributed by atoms with E-state index in [4.69, 9.17) is 0 Å². The molecule has 0 fully saturated rings. The maximum Gasteiger partial charge on any atom is 0.328 e. The van der Waals surface area contributed by atoms with E-state index in [9.17, 15) is 14.7 Å². The number of hydrogen-bond donors (Lipinski definition) is 3. The van der Waals surface area contributed by atoms with Gasteiger partial charge >= 0.3 is 5.97 Å². The Morgan fingerprint density at radius 1 is 1.38 bits per heavy atom. The van der Waals surface area contributed by atoms with Crippen LogP contribution in [0, 0.1) is 6.92 Å². The second-order valence-corrected chi connectivity index (χ2v) is 7.58. The van der Waals surface area contributed by atoms with Gasteiger partial charge in [0, 0.05) is 29.7 Å². The molecule has 0 saturated carbocycles. The highest BCUT2D eigenvalue weighted by molar-refractivity contribution is 7.20. The van der Waals surface area contributed by atoms with Crippen LogP contribution in [-0.2, 0) is 11.2 Å². The number of rotatable bonds is 6. The molecule has 4 rings (SSSR count). The van der Waals surface area contributed by atoms with Crippen LogP contribution in [-0.4, -0.2) is 47.6 Å². The predicted octanol–water partition coefficient (Wildman–Crippen LogP) is 2.31. The van der Waals surface area contributed by atoms with Gasteiger partial charge in [0.25, 0.3) is 5.56 Å². The normalized spacial score (nSPS) is 13.1. The van der Waals surface area contributed by atoms with Gasteiger partial charge in [0.2, 0.25) is 5.13 Å². The minimum Gasteiger partial charge on any atom is -0.480 e. The van der Waals surface area contributed by atoms with Gasteiger partial charge in [0.1, 0.15) is 0 Å². The Morgan fingerprint density at radius 2 is 2.17 bits per heavy atom. The number of aliphatic imine (C=N–C) groups is 1. The largest absolute Gasteiger partial charge is 0.480 e. The summed E-state index contributed by atoms with van der Waals surface area (Å²) >= 11 is 1.40. The van der Waals surface area contributed by atoms with E-state index in [0.717, 1.165) is 10.2 Å². The fraction of sp³-hybridized carbons (Fsp3) is 0.211. The average molecular weight is 410 g/mol. The molecule has 0 unspecified atom stereocenters. The lowest BCUT2D eigenvalue weighted by Crippen LogP contribution is -2.25. The number of para-hydroxylation sites is 1. The van der Waals surface area contributed by atoms with Crippen molar-refractivity contribution in [3.8, 4) is 5.13 Å². The van der Waals surface area contributed by atoms with Gasteiger partial charge in [-0.2, -0.15) is 4.68 Å². The summed E-state index contributed by atoms with van der Waals surface area (Å²) in [6.07, 6.45) is 3.20. The molecule has 0 bridgehead atoms. The van der Waals surface area contributed by atoms with Crippen LogP contribution in [0.1, 0.15) is 23.9 Å². The molecular weight excluding hydrogens is 392 g/mol. The molecule has 29 heavy (non-hydrogen) atoms. The van der Waals surface area contributed by atoms with Crippen molar-refractivity contribution in [3.05, 3.63) is 64.1 Å². The molecule has 4 aromatic rings. The SMILES string of the molecule is CC(=N[C@H](Cc1cnc[nH]1)C(=O)O)c1c(C)[nH]n(-c2nc3ccccc3s2)c1=O. The van der Waals surface area contributed by atoms with Crippen LogP contribution in [0.5, 0.6) is 0 Å². The number of carbonyl (C=O) groups is 1. The molecule has 0 aliphatic heterocycles. The van der Waals surface area contributed by atoms with Crippen LogP contribution in [0.3, 0.4) is 0 Å². The quantitative estimate of drug-likeness (QED) is 0.420. The molecule has 3 heterocycles. The number of nitrogens with zero attached hydrogens (tertiary/aromatic N) is 4. The third-order valence-electron chi connectivity index (χ3n) is 4.51. The van der Waals surface area contributed by atoms with Crippen molar-refractivity contribution in [2.75, 3.05) is 0 Å². The predicted molar refractivity (Wildman–Crippen MR) is 110 cm³/mol. The standard InChI is InChI=1S/C19H18N6O3S/c1-10(22-14(18(27)28)7-12-8-20-9-21-12)16-11(2)24-25(17(16)26)19-23-13-5-3-4-6-15(13)29-19/h3-6,8-9,14,24H,7H2,1-2H3,(H,20,21)(H,27,28)/t14-/m1/s1. The number of aryl methyl sites for hydroxylation is 1. The first-order chi connectivity index (χ1) is 13.9. The molecule has 3 N–H and O–H groups in total. The Balaban J connectivity index is 1.71. The number of benzene rings is 1. The van der Waals surface area contributed by atoms with Gasteiger partial charge in [-0.3, -0.25) is 14.9 Å². The molecule has 0 aliphatic rings. The number of carboxylic acids is 1. The lowest BCUT2D eigenvalue weighted by molar-refractivity contribution is -0.138. The first-order valence-electron chi connectivity index (χ1n) is 8.86. The number of imidazole rings is 1. The molecule has 3 aromatic heterocycles. The Bertz CT molecular complexity index is 1230. The maximum atomic E-state index is 13.0. The summed E-state index contributed by atoms with van der Waals surface area (Å²) < 4.78 is 2.35. The highest BCUT2D eigenvalue weighted by Crippen LogP contribution is 2.23. The van der Waals surface area contributed by atoms with E-state index < -0.39 is 12.0 Å². The molecular formula is C19H18N6O3S. The molecule has 1 aromatic carbocycles. The number of aromatic nitrogens is 5. The molecule has 0 radical (unpaired) electrons. The Hall–Kier alpha value is -3.53. The third-order valence-corrected chi connectivity index (χ3v) is 5.53. The monoisotopic (exact) mass is 410 g/mol. The third kappa shape index (κ3) is 3.61. The van der Waals surface area contributed by atoms with Crippen molar-refractivity contribution >= 4 is 33.2 Å². The van der Waals surface area contributed by atoms with Crippen LogP contribution < -0.4 is 5.56 Å². The lowest BCUT2D eigenvalue weighted by Gasteiger charge is -2.07. The zero-order valence-electron chi connectivity index (χ0n) is 15.7. The molecule has 0 amide bonds. The van der Waals surface area contributed by atoms with Crippen LogP contribution in [0.25, 0.3) is 15.3 Å². The number of thiazole rings is 1. The van der Waals surface area contributed by atoms with Gasteiger partial charge in [-0.25, -0.2) is 14.8 Å². The molecule has 148 valence electrons. The molecule has 10 heteroatoms. The molecule has 0 saturated heterocycles. The second-order valence-electron chi connectivity index (χ2n) is 6.57. The first kappa shape index (κ1) is 18.8. The number of hydrogen-bond acceptors (Lipinski definition) is 6. The van der Waals surface area contributed by atoms with E-state index in [2.05, 4.69) is 25.0 Å². The van der Waals surface area contributed by atoms with Crippen LogP contribution in [0.4, 0.5) is 0 Å². The lowest BCUT2D eigenvalue weighted by atomic mass is 10.1. The fourth-order valence-electron chi connectivity index (χ4n) is 3.15. The zero-order chi connectivity index (χ0) is 20.5. The van der Waals surface area contributed by atoms with Crippen molar-refractivity contribution in [2.24, 2.45) is 4.99 Å². The van der Waals surface area contributed by atoms with E-state index in [1.807, 2.05) is 24.3 Å². The number of carboxylic acid groups (broad SMARTS) is 1. The van der Waals surface area contributed by atoms with Crippen LogP contribution in [0.2, 0.25) is 0 Å². The summed E-state index contributed by atoms with van der Waals surface area (Å²) in [6.45, 7) is 3.40. The molecule has 1 atom stereocenters. The topological polar surface area (TPSA) is 129 Å². The first-order valence-corrected chi connectivity index (χ1v) is 9.68. The van der Waals surface area contributed by atoms with Gasteiger partial charge in [0.15, 0.2) is 6.04 Å². The van der Waals surface area contributed by atoms with E-state index in [0.29, 0.717) is 27.8 Å². The van der Waals surface area contributed by atoms with E-state index in [1.54, 1.807) is 20.0 Å². The summed E-state index contributed by atoms with van der Waals surface area (Å²) in [5.74, 6) is -1.07. The number of aromatic amines is 2. The number of aliphatic carboxylic acids is 1. The highest BCUT2D eigenvalue weighted by atomic mass is 32.1. The summed E-state index contributed by atoms with van der Waals surface area (Å²) in [4.78, 5) is 40.3. The van der Waals surface area contributed by atoms with Crippen LogP contribution in [0.15, 0.2) is 46.6 Å². The number of fused-ring (bicyclic) bond motifs is 1. The van der Waals surface area contributed by atoms with Crippen molar-refractivity contribution in [1.82, 2.24) is 24.7 Å². The fourth-order valence-corrected chi connectivity index (χ4v) is 4.08.